The first-order valence-corrected chi connectivity index (χ1v) is 7.98. The average molecular weight is 260 g/mol. The second-order valence-corrected chi connectivity index (χ2v) is 7.41. The van der Waals surface area contributed by atoms with Crippen LogP contribution in [0.5, 0.6) is 0 Å². The zero-order valence-electron chi connectivity index (χ0n) is 9.94. The van der Waals surface area contributed by atoms with Gasteiger partial charge in [-0.25, -0.2) is 8.42 Å². The predicted octanol–water partition coefficient (Wildman–Crippen LogP) is -0.321. The fraction of sp³-hybridized carbons (Fsp3) is 0.909. The number of carbonyl (C=O) groups is 1. The minimum absolute atomic E-state index is 0.104. The van der Waals surface area contributed by atoms with Gasteiger partial charge in [-0.1, -0.05) is 0 Å². The Morgan fingerprint density at radius 3 is 2.53 bits per heavy atom. The molecule has 17 heavy (non-hydrogen) atoms. The summed E-state index contributed by atoms with van der Waals surface area (Å²) >= 11 is 0. The lowest BCUT2D eigenvalue weighted by Crippen LogP contribution is -2.39. The van der Waals surface area contributed by atoms with Crippen LogP contribution in [0.3, 0.4) is 0 Å². The fourth-order valence-electron chi connectivity index (χ4n) is 2.09. The summed E-state index contributed by atoms with van der Waals surface area (Å²) < 4.78 is 23.0. The van der Waals surface area contributed by atoms with E-state index in [-0.39, 0.29) is 23.5 Å². The van der Waals surface area contributed by atoms with Gasteiger partial charge in [0.1, 0.15) is 0 Å². The van der Waals surface area contributed by atoms with Gasteiger partial charge < -0.3 is 10.6 Å². The largest absolute Gasteiger partial charge is 0.354 e. The first-order valence-electron chi connectivity index (χ1n) is 6.27. The van der Waals surface area contributed by atoms with E-state index in [1.54, 1.807) is 0 Å². The third kappa shape index (κ3) is 3.96. The maximum atomic E-state index is 11.5. The zero-order chi connectivity index (χ0) is 12.3. The fourth-order valence-corrected chi connectivity index (χ4v) is 3.85. The van der Waals surface area contributed by atoms with Crippen LogP contribution in [0.1, 0.15) is 25.7 Å². The summed E-state index contributed by atoms with van der Waals surface area (Å²) in [5, 5.41) is 5.41. The second-order valence-electron chi connectivity index (χ2n) is 5.01. The van der Waals surface area contributed by atoms with E-state index in [1.165, 1.54) is 12.8 Å². The maximum absolute atomic E-state index is 11.5. The van der Waals surface area contributed by atoms with Crippen LogP contribution in [0.4, 0.5) is 0 Å². The van der Waals surface area contributed by atoms with Crippen molar-refractivity contribution in [2.75, 3.05) is 25.4 Å². The van der Waals surface area contributed by atoms with Gasteiger partial charge in [-0.05, 0) is 38.1 Å². The first-order chi connectivity index (χ1) is 8.08. The minimum atomic E-state index is -2.94. The summed E-state index contributed by atoms with van der Waals surface area (Å²) in [4.78, 5) is 11.4. The summed E-state index contributed by atoms with van der Waals surface area (Å²) in [7, 11) is -2.94. The van der Waals surface area contributed by atoms with Gasteiger partial charge in [0.2, 0.25) is 5.91 Å². The summed E-state index contributed by atoms with van der Waals surface area (Å²) in [5.74, 6) is 0.916. The van der Waals surface area contributed by atoms with E-state index in [4.69, 9.17) is 0 Å². The quantitative estimate of drug-likeness (QED) is 0.686. The summed E-state index contributed by atoms with van der Waals surface area (Å²) in [5.41, 5.74) is 0. The van der Waals surface area contributed by atoms with Crippen molar-refractivity contribution in [1.29, 1.82) is 0 Å². The summed E-state index contributed by atoms with van der Waals surface area (Å²) in [6.07, 6.45) is 3.92. The Morgan fingerprint density at radius 1 is 1.18 bits per heavy atom. The number of hydrogen-bond donors (Lipinski definition) is 2. The van der Waals surface area contributed by atoms with E-state index in [2.05, 4.69) is 10.6 Å². The normalized spacial score (nSPS) is 26.9. The number of carbonyl (C=O) groups excluding carboxylic acids is 1. The van der Waals surface area contributed by atoms with Crippen LogP contribution in [0.15, 0.2) is 0 Å². The van der Waals surface area contributed by atoms with Crippen molar-refractivity contribution in [3.63, 3.8) is 0 Å². The molecule has 2 rings (SSSR count). The molecular weight excluding hydrogens is 240 g/mol. The summed E-state index contributed by atoms with van der Waals surface area (Å²) in [6, 6.07) is 0. The highest BCUT2D eigenvalue weighted by Gasteiger charge is 2.31. The molecule has 2 N–H and O–H groups in total. The molecule has 0 aromatic heterocycles. The highest BCUT2D eigenvalue weighted by atomic mass is 32.2. The van der Waals surface area contributed by atoms with Crippen LogP contribution in [-0.4, -0.2) is 45.0 Å². The highest BCUT2D eigenvalue weighted by Crippen LogP contribution is 2.27. The molecule has 2 aliphatic rings. The van der Waals surface area contributed by atoms with E-state index >= 15 is 0 Å². The van der Waals surface area contributed by atoms with E-state index in [1.807, 2.05) is 0 Å². The molecule has 0 spiro atoms. The molecule has 1 atom stereocenters. The monoisotopic (exact) mass is 260 g/mol. The number of sulfone groups is 1. The highest BCUT2D eigenvalue weighted by molar-refractivity contribution is 7.92. The lowest BCUT2D eigenvalue weighted by molar-refractivity contribution is -0.120. The zero-order valence-corrected chi connectivity index (χ0v) is 10.8. The molecule has 0 bridgehead atoms. The number of amides is 1. The van der Waals surface area contributed by atoms with Crippen LogP contribution >= 0.6 is 0 Å². The molecule has 0 radical (unpaired) electrons. The Balaban J connectivity index is 1.61. The molecule has 6 heteroatoms. The molecule has 1 aliphatic heterocycles. The van der Waals surface area contributed by atoms with Gasteiger partial charge >= 0.3 is 0 Å². The standard InChI is InChI=1S/C11H20N2O3S/c14-11(8-12-6-9-3-4-9)13-7-10-2-1-5-17(10,15)16/h9-10,12H,1-8H2,(H,13,14). The van der Waals surface area contributed by atoms with Crippen LogP contribution in [0.2, 0.25) is 0 Å². The molecule has 1 amide bonds. The van der Waals surface area contributed by atoms with Gasteiger partial charge in [0.15, 0.2) is 9.84 Å². The van der Waals surface area contributed by atoms with Crippen LogP contribution in [0, 0.1) is 5.92 Å². The van der Waals surface area contributed by atoms with E-state index in [9.17, 15) is 13.2 Å². The third-order valence-electron chi connectivity index (χ3n) is 3.41. The van der Waals surface area contributed by atoms with Crippen LogP contribution in [-0.2, 0) is 14.6 Å². The number of nitrogens with one attached hydrogen (secondary N) is 2. The molecule has 1 saturated heterocycles. The molecule has 1 aliphatic carbocycles. The molecule has 1 saturated carbocycles. The molecule has 98 valence electrons. The smallest absolute Gasteiger partial charge is 0.233 e. The average Bonchev–Trinajstić information content (AvgIpc) is 3.00. The third-order valence-corrected chi connectivity index (χ3v) is 5.68. The lowest BCUT2D eigenvalue weighted by atomic mass is 10.2. The second kappa shape index (κ2) is 5.35. The van der Waals surface area contributed by atoms with Gasteiger partial charge in [0.05, 0.1) is 17.5 Å². The van der Waals surface area contributed by atoms with E-state index in [0.717, 1.165) is 18.9 Å². The van der Waals surface area contributed by atoms with Crippen molar-refractivity contribution in [3.05, 3.63) is 0 Å². The van der Waals surface area contributed by atoms with Crippen LogP contribution in [0.25, 0.3) is 0 Å². The summed E-state index contributed by atoms with van der Waals surface area (Å²) in [6.45, 7) is 1.46. The Morgan fingerprint density at radius 2 is 1.94 bits per heavy atom. The van der Waals surface area contributed by atoms with Gasteiger partial charge in [0, 0.05) is 6.54 Å². The van der Waals surface area contributed by atoms with Gasteiger partial charge in [-0.2, -0.15) is 0 Å². The Kier molecular flexibility index (Phi) is 4.04. The van der Waals surface area contributed by atoms with Crippen molar-refractivity contribution in [3.8, 4) is 0 Å². The van der Waals surface area contributed by atoms with Crippen molar-refractivity contribution in [2.24, 2.45) is 5.92 Å². The molecule has 2 fully saturated rings. The molecule has 0 aromatic carbocycles. The topological polar surface area (TPSA) is 75.3 Å². The molecule has 5 nitrogen and oxygen atoms in total. The Labute approximate surface area is 102 Å². The maximum Gasteiger partial charge on any atom is 0.233 e. The molecule has 1 unspecified atom stereocenters. The van der Waals surface area contributed by atoms with Crippen molar-refractivity contribution >= 4 is 15.7 Å². The van der Waals surface area contributed by atoms with Crippen molar-refractivity contribution < 1.29 is 13.2 Å². The van der Waals surface area contributed by atoms with Crippen molar-refractivity contribution in [1.82, 2.24) is 10.6 Å². The van der Waals surface area contributed by atoms with E-state index < -0.39 is 9.84 Å². The van der Waals surface area contributed by atoms with Crippen molar-refractivity contribution in [2.45, 2.75) is 30.9 Å². The first kappa shape index (κ1) is 12.8. The van der Waals surface area contributed by atoms with Gasteiger partial charge in [-0.3, -0.25) is 4.79 Å². The minimum Gasteiger partial charge on any atom is -0.354 e. The number of hydrogen-bond acceptors (Lipinski definition) is 4. The molecule has 1 heterocycles. The van der Waals surface area contributed by atoms with E-state index in [0.29, 0.717) is 13.0 Å². The Hall–Kier alpha value is -0.620. The SMILES string of the molecule is O=C(CNCC1CC1)NCC1CCCS1(=O)=O. The molecule has 0 aromatic rings. The lowest BCUT2D eigenvalue weighted by Gasteiger charge is -2.11. The van der Waals surface area contributed by atoms with Gasteiger partial charge in [-0.15, -0.1) is 0 Å². The van der Waals surface area contributed by atoms with Crippen LogP contribution < -0.4 is 10.6 Å². The number of rotatable bonds is 6. The Bertz CT molecular complexity index is 376. The molecular formula is C11H20N2O3S. The predicted molar refractivity (Wildman–Crippen MR) is 65.4 cm³/mol. The van der Waals surface area contributed by atoms with Gasteiger partial charge in [0.25, 0.3) is 0 Å².